The van der Waals surface area contributed by atoms with Gasteiger partial charge in [-0.2, -0.15) is 0 Å². The highest BCUT2D eigenvalue weighted by Gasteiger charge is 2.15. The van der Waals surface area contributed by atoms with Crippen LogP contribution >= 0.6 is 0 Å². The zero-order valence-corrected chi connectivity index (χ0v) is 13.3. The van der Waals surface area contributed by atoms with Gasteiger partial charge in [-0.1, -0.05) is 23.5 Å². The summed E-state index contributed by atoms with van der Waals surface area (Å²) in [5, 5.41) is 8.82. The second-order valence-electron chi connectivity index (χ2n) is 5.39. The Morgan fingerprint density at radius 1 is 1.24 bits per heavy atom. The first-order valence-electron chi connectivity index (χ1n) is 7.06. The highest BCUT2D eigenvalue weighted by Crippen LogP contribution is 2.13. The largest absolute Gasteiger partial charge is 0.384 e. The van der Waals surface area contributed by atoms with Crippen LogP contribution < -0.4 is 0 Å². The lowest BCUT2D eigenvalue weighted by molar-refractivity contribution is 0.0790. The Kier molecular flexibility index (Phi) is 6.93. The Labute approximate surface area is 127 Å². The molecular weight excluding hydrogens is 264 g/mol. The zero-order valence-electron chi connectivity index (χ0n) is 13.3. The van der Waals surface area contributed by atoms with E-state index in [1.807, 2.05) is 46.3 Å². The maximum atomic E-state index is 12.5. The summed E-state index contributed by atoms with van der Waals surface area (Å²) < 4.78 is 0. The van der Waals surface area contributed by atoms with Gasteiger partial charge in [-0.3, -0.25) is 4.79 Å². The van der Waals surface area contributed by atoms with Crippen molar-refractivity contribution in [3.05, 3.63) is 34.9 Å². The summed E-state index contributed by atoms with van der Waals surface area (Å²) in [7, 11) is 5.85. The van der Waals surface area contributed by atoms with Crippen LogP contribution in [-0.4, -0.2) is 61.7 Å². The fourth-order valence-electron chi connectivity index (χ4n) is 2.01. The molecule has 0 heterocycles. The number of amides is 1. The average molecular weight is 288 g/mol. The molecule has 0 bridgehead atoms. The van der Waals surface area contributed by atoms with Crippen LogP contribution in [0.4, 0.5) is 0 Å². The van der Waals surface area contributed by atoms with Crippen molar-refractivity contribution >= 4 is 5.91 Å². The summed E-state index contributed by atoms with van der Waals surface area (Å²) in [6, 6.07) is 5.61. The van der Waals surface area contributed by atoms with E-state index in [-0.39, 0.29) is 12.5 Å². The van der Waals surface area contributed by atoms with Crippen LogP contribution in [0.1, 0.15) is 27.9 Å². The van der Waals surface area contributed by atoms with E-state index in [9.17, 15) is 4.79 Å². The van der Waals surface area contributed by atoms with E-state index >= 15 is 0 Å². The number of aliphatic hydroxyl groups is 1. The molecular formula is C17H24N2O2. The van der Waals surface area contributed by atoms with E-state index in [0.717, 1.165) is 18.5 Å². The van der Waals surface area contributed by atoms with Crippen LogP contribution in [0.5, 0.6) is 0 Å². The minimum absolute atomic E-state index is 0.0281. The van der Waals surface area contributed by atoms with E-state index in [1.165, 1.54) is 0 Å². The minimum Gasteiger partial charge on any atom is -0.384 e. The highest BCUT2D eigenvalue weighted by molar-refractivity contribution is 5.96. The SMILES string of the molecule is Cc1ccc(C#CCO)c(C(=O)N(C)CCCN(C)C)c1. The number of rotatable bonds is 5. The smallest absolute Gasteiger partial charge is 0.254 e. The predicted octanol–water partition coefficient (Wildman–Crippen LogP) is 1.36. The number of aliphatic hydroxyl groups excluding tert-OH is 1. The van der Waals surface area contributed by atoms with Gasteiger partial charge in [-0.15, -0.1) is 0 Å². The lowest BCUT2D eigenvalue weighted by Crippen LogP contribution is -2.30. The number of nitrogens with zero attached hydrogens (tertiary/aromatic N) is 2. The molecule has 1 amide bonds. The van der Waals surface area contributed by atoms with Gasteiger partial charge in [0.25, 0.3) is 5.91 Å². The average Bonchev–Trinajstić information content (AvgIpc) is 2.44. The molecule has 0 spiro atoms. The lowest BCUT2D eigenvalue weighted by Gasteiger charge is -2.19. The third-order valence-corrected chi connectivity index (χ3v) is 3.15. The van der Waals surface area contributed by atoms with Crippen molar-refractivity contribution in [3.63, 3.8) is 0 Å². The topological polar surface area (TPSA) is 43.8 Å². The third-order valence-electron chi connectivity index (χ3n) is 3.15. The number of benzene rings is 1. The number of hydrogen-bond donors (Lipinski definition) is 1. The molecule has 1 rings (SSSR count). The van der Waals surface area contributed by atoms with E-state index in [1.54, 1.807) is 4.90 Å². The maximum absolute atomic E-state index is 12.5. The fourth-order valence-corrected chi connectivity index (χ4v) is 2.01. The third kappa shape index (κ3) is 5.58. The minimum atomic E-state index is -0.208. The summed E-state index contributed by atoms with van der Waals surface area (Å²) in [5.74, 6) is 5.42. The summed E-state index contributed by atoms with van der Waals surface area (Å²) in [4.78, 5) is 16.4. The molecule has 4 nitrogen and oxygen atoms in total. The van der Waals surface area contributed by atoms with Crippen molar-refractivity contribution in [1.82, 2.24) is 9.80 Å². The molecule has 114 valence electrons. The second-order valence-corrected chi connectivity index (χ2v) is 5.39. The molecule has 0 unspecified atom stereocenters. The monoisotopic (exact) mass is 288 g/mol. The fraction of sp³-hybridized carbons (Fsp3) is 0.471. The van der Waals surface area contributed by atoms with Crippen LogP contribution in [0, 0.1) is 18.8 Å². The molecule has 1 aromatic carbocycles. The van der Waals surface area contributed by atoms with E-state index in [4.69, 9.17) is 5.11 Å². The Morgan fingerprint density at radius 3 is 2.57 bits per heavy atom. The standard InChI is InChI=1S/C17H24N2O2/c1-14-8-9-15(7-5-12-20)16(13-14)17(21)19(4)11-6-10-18(2)3/h8-9,13,20H,6,10-12H2,1-4H3. The number of carbonyl (C=O) groups excluding carboxylic acids is 1. The van der Waals surface area contributed by atoms with Crippen molar-refractivity contribution in [1.29, 1.82) is 0 Å². The first-order valence-corrected chi connectivity index (χ1v) is 7.06. The lowest BCUT2D eigenvalue weighted by atomic mass is 10.0. The molecule has 0 aliphatic carbocycles. The molecule has 21 heavy (non-hydrogen) atoms. The summed E-state index contributed by atoms with van der Waals surface area (Å²) >= 11 is 0. The first kappa shape index (κ1) is 17.2. The van der Waals surface area contributed by atoms with Gasteiger partial charge in [-0.25, -0.2) is 0 Å². The summed E-state index contributed by atoms with van der Waals surface area (Å²) in [6.45, 7) is 3.40. The van der Waals surface area contributed by atoms with E-state index in [0.29, 0.717) is 17.7 Å². The Morgan fingerprint density at radius 2 is 1.95 bits per heavy atom. The molecule has 0 radical (unpaired) electrons. The Balaban J connectivity index is 2.87. The molecule has 1 N–H and O–H groups in total. The number of hydrogen-bond acceptors (Lipinski definition) is 3. The van der Waals surface area contributed by atoms with Crippen molar-refractivity contribution in [2.45, 2.75) is 13.3 Å². The predicted molar refractivity (Wildman–Crippen MR) is 85.3 cm³/mol. The molecule has 0 aliphatic rings. The molecule has 0 aliphatic heterocycles. The van der Waals surface area contributed by atoms with Crippen LogP contribution in [0.25, 0.3) is 0 Å². The van der Waals surface area contributed by atoms with Crippen molar-refractivity contribution in [3.8, 4) is 11.8 Å². The van der Waals surface area contributed by atoms with Gasteiger partial charge in [-0.05, 0) is 46.1 Å². The van der Waals surface area contributed by atoms with Crippen LogP contribution in [0.15, 0.2) is 18.2 Å². The summed E-state index contributed by atoms with van der Waals surface area (Å²) in [6.07, 6.45) is 0.929. The van der Waals surface area contributed by atoms with E-state index < -0.39 is 0 Å². The van der Waals surface area contributed by atoms with Gasteiger partial charge in [0.15, 0.2) is 0 Å². The molecule has 4 heteroatoms. The van der Waals surface area contributed by atoms with Gasteiger partial charge < -0.3 is 14.9 Å². The Hall–Kier alpha value is -1.83. The normalized spacial score (nSPS) is 10.2. The van der Waals surface area contributed by atoms with Crippen LogP contribution in [-0.2, 0) is 0 Å². The molecule has 1 aromatic rings. The molecule has 0 aromatic heterocycles. The van der Waals surface area contributed by atoms with Gasteiger partial charge in [0.2, 0.25) is 0 Å². The van der Waals surface area contributed by atoms with Gasteiger partial charge in [0.05, 0.1) is 5.56 Å². The van der Waals surface area contributed by atoms with Gasteiger partial charge in [0, 0.05) is 19.2 Å². The quantitative estimate of drug-likeness (QED) is 0.832. The van der Waals surface area contributed by atoms with Crippen LogP contribution in [0.2, 0.25) is 0 Å². The number of aryl methyl sites for hydroxylation is 1. The van der Waals surface area contributed by atoms with Gasteiger partial charge >= 0.3 is 0 Å². The molecule has 0 atom stereocenters. The highest BCUT2D eigenvalue weighted by atomic mass is 16.2. The summed E-state index contributed by atoms with van der Waals surface area (Å²) in [5.41, 5.74) is 2.29. The Bertz CT molecular complexity index is 541. The van der Waals surface area contributed by atoms with Crippen molar-refractivity contribution in [2.24, 2.45) is 0 Å². The maximum Gasteiger partial charge on any atom is 0.254 e. The zero-order chi connectivity index (χ0) is 15.8. The number of carbonyl (C=O) groups is 1. The van der Waals surface area contributed by atoms with Crippen LogP contribution in [0.3, 0.4) is 0 Å². The molecule has 0 saturated carbocycles. The molecule has 0 saturated heterocycles. The molecule has 0 fully saturated rings. The first-order chi connectivity index (χ1) is 9.95. The van der Waals surface area contributed by atoms with Crippen molar-refractivity contribution in [2.75, 3.05) is 40.8 Å². The van der Waals surface area contributed by atoms with Crippen molar-refractivity contribution < 1.29 is 9.90 Å². The second kappa shape index (κ2) is 8.46. The van der Waals surface area contributed by atoms with Gasteiger partial charge in [0.1, 0.15) is 6.61 Å². The van der Waals surface area contributed by atoms with E-state index in [2.05, 4.69) is 16.7 Å².